The number of hydrogen-bond donors (Lipinski definition) is 0. The van der Waals surface area contributed by atoms with Gasteiger partial charge in [-0.2, -0.15) is 0 Å². The van der Waals surface area contributed by atoms with Crippen molar-refractivity contribution in [2.24, 2.45) is 0 Å². The molecule has 1 aliphatic carbocycles. The summed E-state index contributed by atoms with van der Waals surface area (Å²) in [6, 6.07) is 11.4. The molecule has 1 aromatic carbocycles. The number of halogens is 1. The number of benzene rings is 1. The molecule has 0 N–H and O–H groups in total. The second-order valence-corrected chi connectivity index (χ2v) is 5.87. The molecule has 20 heavy (non-hydrogen) atoms. The third-order valence-electron chi connectivity index (χ3n) is 3.63. The Morgan fingerprint density at radius 3 is 2.95 bits per heavy atom. The van der Waals surface area contributed by atoms with E-state index in [1.54, 1.807) is 6.07 Å². The molecule has 1 aliphatic rings. The molecule has 0 unspecified atom stereocenters. The second-order valence-electron chi connectivity index (χ2n) is 4.95. The first-order chi connectivity index (χ1) is 9.74. The number of ether oxygens (including phenoxy) is 1. The molecule has 0 fully saturated rings. The lowest BCUT2D eigenvalue weighted by Crippen LogP contribution is -2.25. The topological polar surface area (TPSA) is 31.2 Å². The first kappa shape index (κ1) is 13.4. The number of fused-ring (bicyclic) bond motifs is 1. The van der Waals surface area contributed by atoms with Crippen molar-refractivity contribution in [3.8, 4) is 5.75 Å². The fraction of sp³-hybridized carbons (Fsp3) is 0.312. The van der Waals surface area contributed by atoms with Crippen LogP contribution in [-0.2, 0) is 19.4 Å². The first-order valence-corrected chi connectivity index (χ1v) is 7.63. The Morgan fingerprint density at radius 2 is 2.10 bits per heavy atom. The molecule has 0 spiro atoms. The fourth-order valence-electron chi connectivity index (χ4n) is 2.69. The van der Waals surface area contributed by atoms with Crippen molar-refractivity contribution in [2.45, 2.75) is 25.8 Å². The predicted octanol–water partition coefficient (Wildman–Crippen LogP) is 3.18. The Bertz CT molecular complexity index is 678. The lowest BCUT2D eigenvalue weighted by atomic mass is 10.2. The maximum Gasteiger partial charge on any atom is 0.250 e. The van der Waals surface area contributed by atoms with Gasteiger partial charge < -0.3 is 9.30 Å². The Hall–Kier alpha value is -1.55. The van der Waals surface area contributed by atoms with E-state index in [0.717, 1.165) is 29.5 Å². The van der Waals surface area contributed by atoms with Gasteiger partial charge in [-0.1, -0.05) is 28.1 Å². The Kier molecular flexibility index (Phi) is 3.92. The lowest BCUT2D eigenvalue weighted by Gasteiger charge is -2.12. The summed E-state index contributed by atoms with van der Waals surface area (Å²) in [6.07, 6.45) is 3.23. The molecule has 0 amide bonds. The minimum atomic E-state index is 0.0727. The monoisotopic (exact) mass is 333 g/mol. The SMILES string of the molecule is O=c1ccc2c(n1CCOc1cccc(Br)c1)CCC2. The van der Waals surface area contributed by atoms with Gasteiger partial charge in [-0.25, -0.2) is 0 Å². The van der Waals surface area contributed by atoms with Crippen molar-refractivity contribution in [3.63, 3.8) is 0 Å². The third kappa shape index (κ3) is 2.80. The molecule has 0 saturated carbocycles. The van der Waals surface area contributed by atoms with Crippen LogP contribution in [0.3, 0.4) is 0 Å². The number of rotatable bonds is 4. The Morgan fingerprint density at radius 1 is 1.20 bits per heavy atom. The van der Waals surface area contributed by atoms with Gasteiger partial charge in [0.1, 0.15) is 12.4 Å². The van der Waals surface area contributed by atoms with Gasteiger partial charge in [-0.05, 0) is 43.0 Å². The van der Waals surface area contributed by atoms with E-state index in [1.165, 1.54) is 11.3 Å². The normalized spacial score (nSPS) is 13.2. The number of nitrogens with zero attached hydrogens (tertiary/aromatic N) is 1. The molecule has 104 valence electrons. The van der Waals surface area contributed by atoms with Crippen molar-refractivity contribution in [1.82, 2.24) is 4.57 Å². The van der Waals surface area contributed by atoms with Gasteiger partial charge in [0.15, 0.2) is 0 Å². The Balaban J connectivity index is 1.70. The van der Waals surface area contributed by atoms with E-state index >= 15 is 0 Å². The molecule has 4 heteroatoms. The highest BCUT2D eigenvalue weighted by Gasteiger charge is 2.15. The van der Waals surface area contributed by atoms with Gasteiger partial charge in [0, 0.05) is 16.2 Å². The fourth-order valence-corrected chi connectivity index (χ4v) is 3.07. The zero-order valence-electron chi connectivity index (χ0n) is 11.1. The van der Waals surface area contributed by atoms with E-state index in [2.05, 4.69) is 15.9 Å². The molecule has 3 rings (SSSR count). The summed E-state index contributed by atoms with van der Waals surface area (Å²) in [5.41, 5.74) is 2.57. The van der Waals surface area contributed by atoms with Crippen LogP contribution >= 0.6 is 15.9 Å². The van der Waals surface area contributed by atoms with Crippen LogP contribution in [0.4, 0.5) is 0 Å². The quantitative estimate of drug-likeness (QED) is 0.860. The summed E-state index contributed by atoms with van der Waals surface area (Å²) in [6.45, 7) is 1.11. The average Bonchev–Trinajstić information content (AvgIpc) is 2.90. The molecule has 2 aromatic rings. The molecule has 0 aliphatic heterocycles. The number of pyridine rings is 1. The van der Waals surface area contributed by atoms with E-state index in [4.69, 9.17) is 4.74 Å². The van der Waals surface area contributed by atoms with E-state index in [0.29, 0.717) is 13.2 Å². The molecule has 0 bridgehead atoms. The van der Waals surface area contributed by atoms with Gasteiger partial charge in [0.25, 0.3) is 5.56 Å². The smallest absolute Gasteiger partial charge is 0.250 e. The predicted molar refractivity (Wildman–Crippen MR) is 82.4 cm³/mol. The zero-order valence-corrected chi connectivity index (χ0v) is 12.7. The van der Waals surface area contributed by atoms with Gasteiger partial charge >= 0.3 is 0 Å². The summed E-state index contributed by atoms with van der Waals surface area (Å²) in [5, 5.41) is 0. The van der Waals surface area contributed by atoms with Crippen LogP contribution in [0.1, 0.15) is 17.7 Å². The highest BCUT2D eigenvalue weighted by atomic mass is 79.9. The van der Waals surface area contributed by atoms with Crippen molar-refractivity contribution in [1.29, 1.82) is 0 Å². The second kappa shape index (κ2) is 5.83. The molecule has 1 aromatic heterocycles. The van der Waals surface area contributed by atoms with Crippen LogP contribution in [0, 0.1) is 0 Å². The lowest BCUT2D eigenvalue weighted by molar-refractivity contribution is 0.294. The van der Waals surface area contributed by atoms with Crippen molar-refractivity contribution >= 4 is 15.9 Å². The molecule has 1 heterocycles. The van der Waals surface area contributed by atoms with E-state index < -0.39 is 0 Å². The zero-order chi connectivity index (χ0) is 13.9. The summed E-state index contributed by atoms with van der Waals surface area (Å²) in [4.78, 5) is 12.0. The standard InChI is InChI=1S/C16H16BrNO2/c17-13-4-2-5-14(11-13)20-10-9-18-15-6-1-3-12(15)7-8-16(18)19/h2,4-5,7-8,11H,1,3,6,9-10H2. The molecule has 0 saturated heterocycles. The van der Waals surface area contributed by atoms with Gasteiger partial charge in [0.05, 0.1) is 6.54 Å². The van der Waals surface area contributed by atoms with Crippen LogP contribution in [0.25, 0.3) is 0 Å². The highest BCUT2D eigenvalue weighted by molar-refractivity contribution is 9.10. The third-order valence-corrected chi connectivity index (χ3v) is 4.12. The molecule has 0 atom stereocenters. The molecule has 0 radical (unpaired) electrons. The Labute approximate surface area is 126 Å². The summed E-state index contributed by atoms with van der Waals surface area (Å²) in [5.74, 6) is 0.819. The maximum atomic E-state index is 12.0. The van der Waals surface area contributed by atoms with Crippen molar-refractivity contribution in [2.75, 3.05) is 6.61 Å². The van der Waals surface area contributed by atoms with E-state index in [1.807, 2.05) is 34.9 Å². The number of aryl methyl sites for hydroxylation is 1. The van der Waals surface area contributed by atoms with Crippen molar-refractivity contribution < 1.29 is 4.74 Å². The summed E-state index contributed by atoms with van der Waals surface area (Å²) < 4.78 is 8.57. The summed E-state index contributed by atoms with van der Waals surface area (Å²) in [7, 11) is 0. The molecular formula is C16H16BrNO2. The number of hydrogen-bond acceptors (Lipinski definition) is 2. The van der Waals surface area contributed by atoms with E-state index in [-0.39, 0.29) is 5.56 Å². The molecule has 3 nitrogen and oxygen atoms in total. The van der Waals surface area contributed by atoms with Crippen LogP contribution in [0.5, 0.6) is 5.75 Å². The highest BCUT2D eigenvalue weighted by Crippen LogP contribution is 2.20. The average molecular weight is 334 g/mol. The van der Waals surface area contributed by atoms with Gasteiger partial charge in [0.2, 0.25) is 0 Å². The van der Waals surface area contributed by atoms with Crippen LogP contribution in [0.2, 0.25) is 0 Å². The van der Waals surface area contributed by atoms with Crippen LogP contribution < -0.4 is 10.3 Å². The summed E-state index contributed by atoms with van der Waals surface area (Å²) >= 11 is 3.42. The number of aromatic nitrogens is 1. The van der Waals surface area contributed by atoms with E-state index in [9.17, 15) is 4.79 Å². The van der Waals surface area contributed by atoms with Crippen molar-refractivity contribution in [3.05, 3.63) is 62.5 Å². The van der Waals surface area contributed by atoms with Crippen LogP contribution in [-0.4, -0.2) is 11.2 Å². The van der Waals surface area contributed by atoms with Gasteiger partial charge in [-0.15, -0.1) is 0 Å². The largest absolute Gasteiger partial charge is 0.492 e. The minimum absolute atomic E-state index is 0.0727. The molecular weight excluding hydrogens is 318 g/mol. The first-order valence-electron chi connectivity index (χ1n) is 6.84. The maximum absolute atomic E-state index is 12.0. The minimum Gasteiger partial charge on any atom is -0.492 e. The van der Waals surface area contributed by atoms with Gasteiger partial charge in [-0.3, -0.25) is 4.79 Å². The van der Waals surface area contributed by atoms with Crippen LogP contribution in [0.15, 0.2) is 45.7 Å².